The molecule has 0 aliphatic heterocycles. The van der Waals surface area contributed by atoms with Gasteiger partial charge in [-0.05, 0) is 30.7 Å². The Kier molecular flexibility index (Phi) is 4.30. The summed E-state index contributed by atoms with van der Waals surface area (Å²) in [6.45, 7) is 6.94. The number of imidazole rings is 1. The average Bonchev–Trinajstić information content (AvgIpc) is 3.11. The van der Waals surface area contributed by atoms with Crippen LogP contribution in [0.1, 0.15) is 43.8 Å². The van der Waals surface area contributed by atoms with E-state index in [1.807, 2.05) is 24.3 Å². The smallest absolute Gasteiger partial charge is 0.214 e. The van der Waals surface area contributed by atoms with Gasteiger partial charge in [0.1, 0.15) is 22.5 Å². The molecule has 2 aromatic heterocycles. The molecule has 3 rings (SSSR count). The van der Waals surface area contributed by atoms with Gasteiger partial charge < -0.3 is 4.74 Å². The number of benzene rings is 1. The number of hydrogen-bond donors (Lipinski definition) is 0. The molecule has 3 aromatic rings. The van der Waals surface area contributed by atoms with Gasteiger partial charge in [0.15, 0.2) is 5.69 Å². The highest BCUT2D eigenvalue weighted by Gasteiger charge is 2.18. The first-order valence-electron chi connectivity index (χ1n) is 7.66. The second kappa shape index (κ2) is 6.39. The SMILES string of the molecule is CCCOc1ccc(-c2nc3sc(C(C)C)nn3c2C#N)cc1. The van der Waals surface area contributed by atoms with E-state index in [1.54, 1.807) is 4.52 Å². The summed E-state index contributed by atoms with van der Waals surface area (Å²) in [6.07, 6.45) is 0.974. The maximum Gasteiger partial charge on any atom is 0.214 e. The van der Waals surface area contributed by atoms with Crippen molar-refractivity contribution in [2.75, 3.05) is 6.61 Å². The quantitative estimate of drug-likeness (QED) is 0.703. The molecule has 0 saturated heterocycles. The lowest BCUT2D eigenvalue weighted by molar-refractivity contribution is 0.317. The van der Waals surface area contributed by atoms with E-state index in [9.17, 15) is 5.26 Å². The molecular weight excluding hydrogens is 308 g/mol. The monoisotopic (exact) mass is 326 g/mol. The number of fused-ring (bicyclic) bond motifs is 1. The van der Waals surface area contributed by atoms with E-state index in [2.05, 4.69) is 36.9 Å². The highest BCUT2D eigenvalue weighted by atomic mass is 32.1. The van der Waals surface area contributed by atoms with Crippen molar-refractivity contribution in [2.45, 2.75) is 33.1 Å². The van der Waals surface area contributed by atoms with Crippen molar-refractivity contribution in [3.8, 4) is 23.1 Å². The predicted molar refractivity (Wildman–Crippen MR) is 90.9 cm³/mol. The van der Waals surface area contributed by atoms with Crippen molar-refractivity contribution in [3.63, 3.8) is 0 Å². The van der Waals surface area contributed by atoms with Crippen LogP contribution >= 0.6 is 11.3 Å². The zero-order valence-corrected chi connectivity index (χ0v) is 14.2. The molecule has 0 amide bonds. The van der Waals surface area contributed by atoms with Gasteiger partial charge in [0.05, 0.1) is 6.61 Å². The summed E-state index contributed by atoms with van der Waals surface area (Å²) in [5, 5.41) is 15.0. The number of nitrogens with zero attached hydrogens (tertiary/aromatic N) is 4. The summed E-state index contributed by atoms with van der Waals surface area (Å²) < 4.78 is 7.24. The summed E-state index contributed by atoms with van der Waals surface area (Å²) >= 11 is 1.53. The Morgan fingerprint density at radius 3 is 2.65 bits per heavy atom. The van der Waals surface area contributed by atoms with Gasteiger partial charge in [0.25, 0.3) is 0 Å². The Balaban J connectivity index is 1.99. The normalized spacial score (nSPS) is 11.1. The summed E-state index contributed by atoms with van der Waals surface area (Å²) in [6, 6.07) is 9.91. The molecule has 118 valence electrons. The van der Waals surface area contributed by atoms with Gasteiger partial charge in [-0.25, -0.2) is 4.98 Å². The second-order valence-electron chi connectivity index (χ2n) is 5.58. The Bertz CT molecular complexity index is 855. The van der Waals surface area contributed by atoms with Gasteiger partial charge >= 0.3 is 0 Å². The third kappa shape index (κ3) is 2.92. The van der Waals surface area contributed by atoms with Crippen molar-refractivity contribution in [3.05, 3.63) is 35.0 Å². The Morgan fingerprint density at radius 2 is 2.04 bits per heavy atom. The fourth-order valence-corrected chi connectivity index (χ4v) is 3.13. The minimum atomic E-state index is 0.326. The molecule has 5 nitrogen and oxygen atoms in total. The lowest BCUT2D eigenvalue weighted by atomic mass is 10.1. The number of hydrogen-bond acceptors (Lipinski definition) is 5. The van der Waals surface area contributed by atoms with Gasteiger partial charge in [0, 0.05) is 11.5 Å². The van der Waals surface area contributed by atoms with Crippen LogP contribution in [0, 0.1) is 11.3 Å². The molecule has 0 bridgehead atoms. The van der Waals surface area contributed by atoms with Crippen LogP contribution in [-0.2, 0) is 0 Å². The third-order valence-corrected chi connectivity index (χ3v) is 4.63. The van der Waals surface area contributed by atoms with E-state index < -0.39 is 0 Å². The molecule has 0 aliphatic rings. The molecule has 0 N–H and O–H groups in total. The molecule has 0 spiro atoms. The van der Waals surface area contributed by atoms with Gasteiger partial charge in [-0.2, -0.15) is 14.9 Å². The lowest BCUT2D eigenvalue weighted by Gasteiger charge is -2.05. The highest BCUT2D eigenvalue weighted by Crippen LogP contribution is 2.29. The first-order chi connectivity index (χ1) is 11.1. The molecule has 0 atom stereocenters. The van der Waals surface area contributed by atoms with E-state index in [-0.39, 0.29) is 0 Å². The van der Waals surface area contributed by atoms with Crippen LogP contribution in [0.15, 0.2) is 24.3 Å². The van der Waals surface area contributed by atoms with Crippen LogP contribution in [0.5, 0.6) is 5.75 Å². The van der Waals surface area contributed by atoms with Crippen LogP contribution in [0.4, 0.5) is 0 Å². The van der Waals surface area contributed by atoms with Crippen LogP contribution in [0.25, 0.3) is 16.2 Å². The van der Waals surface area contributed by atoms with E-state index >= 15 is 0 Å². The zero-order valence-electron chi connectivity index (χ0n) is 13.4. The molecule has 0 radical (unpaired) electrons. The predicted octanol–water partition coefficient (Wildman–Crippen LogP) is 4.24. The van der Waals surface area contributed by atoms with Crippen molar-refractivity contribution in [2.24, 2.45) is 0 Å². The molecule has 0 aliphatic carbocycles. The summed E-state index contributed by atoms with van der Waals surface area (Å²) in [7, 11) is 0. The van der Waals surface area contributed by atoms with Crippen molar-refractivity contribution in [1.29, 1.82) is 5.26 Å². The first-order valence-corrected chi connectivity index (χ1v) is 8.48. The van der Waals surface area contributed by atoms with Crippen LogP contribution in [0.3, 0.4) is 0 Å². The largest absolute Gasteiger partial charge is 0.494 e. The maximum atomic E-state index is 9.51. The minimum absolute atomic E-state index is 0.326. The average molecular weight is 326 g/mol. The highest BCUT2D eigenvalue weighted by molar-refractivity contribution is 7.16. The number of ether oxygens (including phenoxy) is 1. The fourth-order valence-electron chi connectivity index (χ4n) is 2.23. The second-order valence-corrected chi connectivity index (χ2v) is 6.57. The number of nitriles is 1. The zero-order chi connectivity index (χ0) is 16.4. The summed E-state index contributed by atoms with van der Waals surface area (Å²) in [5.41, 5.74) is 2.04. The molecule has 23 heavy (non-hydrogen) atoms. The topological polar surface area (TPSA) is 63.2 Å². The molecule has 0 fully saturated rings. The van der Waals surface area contributed by atoms with E-state index in [0.717, 1.165) is 27.7 Å². The molecular formula is C17H18N4OS. The first kappa shape index (κ1) is 15.5. The Hall–Kier alpha value is -2.39. The van der Waals surface area contributed by atoms with Gasteiger partial charge in [-0.15, -0.1) is 0 Å². The molecule has 2 heterocycles. The van der Waals surface area contributed by atoms with Gasteiger partial charge in [-0.1, -0.05) is 32.1 Å². The van der Waals surface area contributed by atoms with E-state index in [1.165, 1.54) is 11.3 Å². The van der Waals surface area contributed by atoms with Gasteiger partial charge in [0.2, 0.25) is 4.96 Å². The van der Waals surface area contributed by atoms with E-state index in [4.69, 9.17) is 4.74 Å². The summed E-state index contributed by atoms with van der Waals surface area (Å²) in [5.74, 6) is 1.15. The molecule has 1 aromatic carbocycles. The molecule has 6 heteroatoms. The van der Waals surface area contributed by atoms with Crippen molar-refractivity contribution in [1.82, 2.24) is 14.6 Å². The third-order valence-electron chi connectivity index (χ3n) is 3.42. The standard InChI is InChI=1S/C17H18N4OS/c1-4-9-22-13-7-5-12(6-8-13)15-14(10-18)21-17(19-15)23-16(20-21)11(2)3/h5-8,11H,4,9H2,1-3H3. The summed E-state index contributed by atoms with van der Waals surface area (Å²) in [4.78, 5) is 5.36. The van der Waals surface area contributed by atoms with Crippen LogP contribution < -0.4 is 4.74 Å². The maximum absolute atomic E-state index is 9.51. The fraction of sp³-hybridized carbons (Fsp3) is 0.353. The van der Waals surface area contributed by atoms with Crippen LogP contribution in [0.2, 0.25) is 0 Å². The van der Waals surface area contributed by atoms with Crippen LogP contribution in [-0.4, -0.2) is 21.2 Å². The molecule has 0 saturated carbocycles. The number of aromatic nitrogens is 3. The lowest BCUT2D eigenvalue weighted by Crippen LogP contribution is -1.95. The van der Waals surface area contributed by atoms with Gasteiger partial charge in [-0.3, -0.25) is 0 Å². The van der Waals surface area contributed by atoms with Crippen molar-refractivity contribution >= 4 is 16.3 Å². The molecule has 0 unspecified atom stereocenters. The Morgan fingerprint density at radius 1 is 1.30 bits per heavy atom. The van der Waals surface area contributed by atoms with Crippen molar-refractivity contribution < 1.29 is 4.74 Å². The number of rotatable bonds is 5. The van der Waals surface area contributed by atoms with E-state index in [0.29, 0.717) is 23.9 Å². The Labute approximate surface area is 139 Å². The minimum Gasteiger partial charge on any atom is -0.494 e.